The Labute approximate surface area is 175 Å². The van der Waals surface area contributed by atoms with Gasteiger partial charge in [-0.3, -0.25) is 14.1 Å². The lowest BCUT2D eigenvalue weighted by atomic mass is 9.98. The molecule has 5 heteroatoms. The summed E-state index contributed by atoms with van der Waals surface area (Å²) in [5, 5.41) is 1.29. The van der Waals surface area contributed by atoms with E-state index in [9.17, 15) is 4.79 Å². The maximum Gasteiger partial charge on any atom is 0.261 e. The molecule has 0 saturated heterocycles. The average Bonchev–Trinajstić information content (AvgIpc) is 3.18. The van der Waals surface area contributed by atoms with Crippen molar-refractivity contribution < 1.29 is 0 Å². The van der Waals surface area contributed by atoms with Gasteiger partial charge in [-0.15, -0.1) is 0 Å². The molecule has 0 atom stereocenters. The molecule has 1 aliphatic rings. The summed E-state index contributed by atoms with van der Waals surface area (Å²) < 4.78 is 1.67. The average molecular weight is 399 g/mol. The first-order valence-corrected chi connectivity index (χ1v) is 10.6. The molecule has 5 nitrogen and oxygen atoms in total. The number of aromatic amines is 1. The van der Waals surface area contributed by atoms with Crippen LogP contribution in [-0.4, -0.2) is 38.9 Å². The van der Waals surface area contributed by atoms with Crippen LogP contribution in [0.2, 0.25) is 0 Å². The number of para-hydroxylation sites is 1. The van der Waals surface area contributed by atoms with Crippen LogP contribution in [0.25, 0.3) is 22.1 Å². The number of aryl methyl sites for hydroxylation is 2. The molecule has 4 aromatic rings. The number of H-pyrrole nitrogens is 1. The zero-order chi connectivity index (χ0) is 20.7. The van der Waals surface area contributed by atoms with Crippen LogP contribution in [0.4, 0.5) is 0 Å². The van der Waals surface area contributed by atoms with E-state index >= 15 is 0 Å². The van der Waals surface area contributed by atoms with Gasteiger partial charge in [0.05, 0.1) is 0 Å². The lowest BCUT2D eigenvalue weighted by Gasteiger charge is -2.26. The van der Waals surface area contributed by atoms with Crippen molar-refractivity contribution in [2.75, 3.05) is 19.6 Å². The first-order chi connectivity index (χ1) is 14.6. The number of benzene rings is 1. The van der Waals surface area contributed by atoms with Crippen molar-refractivity contribution in [1.29, 1.82) is 0 Å². The molecule has 0 unspecified atom stereocenters. The van der Waals surface area contributed by atoms with E-state index in [2.05, 4.69) is 51.4 Å². The van der Waals surface area contributed by atoms with Crippen LogP contribution >= 0.6 is 0 Å². The number of fused-ring (bicyclic) bond motifs is 2. The largest absolute Gasteiger partial charge is 0.361 e. The minimum Gasteiger partial charge on any atom is -0.361 e. The number of nitrogens with zero attached hydrogens (tertiary/aromatic N) is 3. The van der Waals surface area contributed by atoms with Gasteiger partial charge < -0.3 is 4.98 Å². The summed E-state index contributed by atoms with van der Waals surface area (Å²) in [5.74, 6) is 0. The molecule has 0 amide bonds. The Bertz CT molecular complexity index is 1330. The maximum atomic E-state index is 13.0. The van der Waals surface area contributed by atoms with Crippen molar-refractivity contribution in [2.24, 2.45) is 0 Å². The van der Waals surface area contributed by atoms with Gasteiger partial charge in [0.1, 0.15) is 5.65 Å². The number of rotatable bonds is 4. The SMILES string of the molecule is Cc1ccn2c(=O)c(CCN3CC=C(c4c[nH]c5ccccc45)CC3)c(C)nc2c1. The fourth-order valence-electron chi connectivity index (χ4n) is 4.44. The lowest BCUT2D eigenvalue weighted by molar-refractivity contribution is 0.305. The van der Waals surface area contributed by atoms with Gasteiger partial charge in [-0.1, -0.05) is 24.3 Å². The topological polar surface area (TPSA) is 53.4 Å². The van der Waals surface area contributed by atoms with Crippen LogP contribution in [0.1, 0.15) is 28.8 Å². The van der Waals surface area contributed by atoms with E-state index in [0.29, 0.717) is 0 Å². The summed E-state index contributed by atoms with van der Waals surface area (Å²) in [4.78, 5) is 23.4. The zero-order valence-corrected chi connectivity index (χ0v) is 17.5. The van der Waals surface area contributed by atoms with Crippen molar-refractivity contribution in [3.63, 3.8) is 0 Å². The smallest absolute Gasteiger partial charge is 0.261 e. The van der Waals surface area contributed by atoms with Crippen LogP contribution in [0.5, 0.6) is 0 Å². The van der Waals surface area contributed by atoms with Crippen LogP contribution < -0.4 is 5.56 Å². The highest BCUT2D eigenvalue weighted by atomic mass is 16.1. The van der Waals surface area contributed by atoms with Crippen LogP contribution in [0.15, 0.2) is 59.7 Å². The monoisotopic (exact) mass is 398 g/mol. The molecule has 1 N–H and O–H groups in total. The van der Waals surface area contributed by atoms with Crippen LogP contribution in [-0.2, 0) is 6.42 Å². The fraction of sp³-hybridized carbons (Fsp3) is 0.280. The van der Waals surface area contributed by atoms with Crippen molar-refractivity contribution in [3.8, 4) is 0 Å². The molecule has 4 heterocycles. The van der Waals surface area contributed by atoms with Crippen molar-refractivity contribution in [3.05, 3.63) is 87.6 Å². The van der Waals surface area contributed by atoms with Gasteiger partial charge in [-0.05, 0) is 56.0 Å². The molecule has 0 bridgehead atoms. The van der Waals surface area contributed by atoms with Crippen molar-refractivity contribution in [2.45, 2.75) is 26.7 Å². The number of hydrogen-bond donors (Lipinski definition) is 1. The van der Waals surface area contributed by atoms with Crippen molar-refractivity contribution in [1.82, 2.24) is 19.3 Å². The Hall–Kier alpha value is -3.18. The summed E-state index contributed by atoms with van der Waals surface area (Å²) >= 11 is 0. The molecule has 3 aromatic heterocycles. The minimum absolute atomic E-state index is 0.0598. The van der Waals surface area contributed by atoms with E-state index in [1.807, 2.05) is 32.2 Å². The molecular weight excluding hydrogens is 372 g/mol. The van der Waals surface area contributed by atoms with Crippen LogP contribution in [0, 0.1) is 13.8 Å². The third-order valence-corrected chi connectivity index (χ3v) is 6.19. The van der Waals surface area contributed by atoms with E-state index in [1.165, 1.54) is 22.0 Å². The van der Waals surface area contributed by atoms with Crippen molar-refractivity contribution >= 4 is 22.1 Å². The van der Waals surface area contributed by atoms with Gasteiger partial charge in [0, 0.05) is 59.8 Å². The maximum absolute atomic E-state index is 13.0. The third kappa shape index (κ3) is 3.35. The molecule has 5 rings (SSSR count). The molecule has 1 aliphatic heterocycles. The van der Waals surface area contributed by atoms with Gasteiger partial charge >= 0.3 is 0 Å². The highest BCUT2D eigenvalue weighted by Gasteiger charge is 2.17. The third-order valence-electron chi connectivity index (χ3n) is 6.19. The van der Waals surface area contributed by atoms with Gasteiger partial charge in [0.15, 0.2) is 0 Å². The minimum atomic E-state index is 0.0598. The molecule has 0 spiro atoms. The summed E-state index contributed by atoms with van der Waals surface area (Å²) in [6.07, 6.45) is 8.04. The van der Waals surface area contributed by atoms with E-state index in [0.717, 1.165) is 54.9 Å². The van der Waals surface area contributed by atoms with E-state index in [1.54, 1.807) is 4.40 Å². The predicted molar refractivity (Wildman–Crippen MR) is 122 cm³/mol. The molecular formula is C25H26N4O. The Morgan fingerprint density at radius 3 is 2.87 bits per heavy atom. The predicted octanol–water partition coefficient (Wildman–Crippen LogP) is 4.12. The Kier molecular flexibility index (Phi) is 4.75. The summed E-state index contributed by atoms with van der Waals surface area (Å²) in [6.45, 7) is 6.75. The summed E-state index contributed by atoms with van der Waals surface area (Å²) in [5.41, 5.74) is 7.47. The first-order valence-electron chi connectivity index (χ1n) is 10.6. The number of hydrogen-bond acceptors (Lipinski definition) is 3. The Morgan fingerprint density at radius 2 is 2.03 bits per heavy atom. The fourth-order valence-corrected chi connectivity index (χ4v) is 4.44. The molecule has 1 aromatic carbocycles. The van der Waals surface area contributed by atoms with Gasteiger partial charge in [-0.25, -0.2) is 4.98 Å². The number of pyridine rings is 1. The molecule has 0 fully saturated rings. The van der Waals surface area contributed by atoms with E-state index in [-0.39, 0.29) is 5.56 Å². The first kappa shape index (κ1) is 18.8. The van der Waals surface area contributed by atoms with Crippen LogP contribution in [0.3, 0.4) is 0 Å². The van der Waals surface area contributed by atoms with Gasteiger partial charge in [-0.2, -0.15) is 0 Å². The standard InChI is InChI=1S/C25H26N4O/c1-17-7-14-29-24(15-17)27-18(2)20(25(29)30)10-13-28-11-8-19(9-12-28)22-16-26-23-6-4-3-5-21(22)23/h3-8,14-16,26H,9-13H2,1-2H3. The van der Waals surface area contributed by atoms with Gasteiger partial charge in [0.25, 0.3) is 5.56 Å². The second-order valence-corrected chi connectivity index (χ2v) is 8.19. The Morgan fingerprint density at radius 1 is 1.17 bits per heavy atom. The summed E-state index contributed by atoms with van der Waals surface area (Å²) in [7, 11) is 0. The highest BCUT2D eigenvalue weighted by molar-refractivity contribution is 5.92. The quantitative estimate of drug-likeness (QED) is 0.563. The Balaban J connectivity index is 1.32. The van der Waals surface area contributed by atoms with E-state index in [4.69, 9.17) is 0 Å². The highest BCUT2D eigenvalue weighted by Crippen LogP contribution is 2.29. The molecule has 0 saturated carbocycles. The lowest BCUT2D eigenvalue weighted by Crippen LogP contribution is -2.32. The van der Waals surface area contributed by atoms with Gasteiger partial charge in [0.2, 0.25) is 0 Å². The zero-order valence-electron chi connectivity index (χ0n) is 17.5. The molecule has 0 aliphatic carbocycles. The molecule has 30 heavy (non-hydrogen) atoms. The number of aromatic nitrogens is 3. The molecule has 0 radical (unpaired) electrons. The summed E-state index contributed by atoms with van der Waals surface area (Å²) in [6, 6.07) is 12.4. The van der Waals surface area contributed by atoms with E-state index < -0.39 is 0 Å². The normalized spacial score (nSPS) is 15.1. The number of nitrogens with one attached hydrogen (secondary N) is 1. The second-order valence-electron chi connectivity index (χ2n) is 8.19. The second kappa shape index (κ2) is 7.58. The molecule has 152 valence electrons.